The first-order chi connectivity index (χ1) is 13.8. The lowest BCUT2D eigenvalue weighted by Gasteiger charge is -2.28. The van der Waals surface area contributed by atoms with Crippen LogP contribution in [0.1, 0.15) is 44.9 Å². The van der Waals surface area contributed by atoms with Crippen molar-refractivity contribution >= 4 is 17.8 Å². The highest BCUT2D eigenvalue weighted by Crippen LogP contribution is 2.26. The number of rotatable bonds is 8. The minimum Gasteiger partial charge on any atom is -0.478 e. The molecule has 1 aliphatic carbocycles. The SMILES string of the molecule is O=C(NCCN1CCCCC1)C1CCC(O[N+](=O)[O-])CC1.O=C(O)C=CC(=O)O. The lowest BCUT2D eigenvalue weighted by molar-refractivity contribution is -0.769. The molecule has 0 spiro atoms. The Morgan fingerprint density at radius 2 is 1.59 bits per heavy atom. The molecule has 0 aromatic carbocycles. The van der Waals surface area contributed by atoms with E-state index in [1.807, 2.05) is 0 Å². The molecule has 1 aliphatic heterocycles. The second-order valence-electron chi connectivity index (χ2n) is 7.01. The van der Waals surface area contributed by atoms with Crippen molar-refractivity contribution in [3.63, 3.8) is 0 Å². The molecular formula is C18H29N3O8. The maximum Gasteiger partial charge on any atom is 0.328 e. The van der Waals surface area contributed by atoms with Gasteiger partial charge < -0.3 is 25.3 Å². The van der Waals surface area contributed by atoms with Crippen LogP contribution in [-0.4, -0.2) is 70.3 Å². The summed E-state index contributed by atoms with van der Waals surface area (Å²) < 4.78 is 0. The molecule has 11 nitrogen and oxygen atoms in total. The van der Waals surface area contributed by atoms with Crippen LogP contribution in [0.2, 0.25) is 0 Å². The molecule has 0 bridgehead atoms. The van der Waals surface area contributed by atoms with E-state index in [1.54, 1.807) is 0 Å². The molecule has 0 atom stereocenters. The molecule has 1 saturated carbocycles. The van der Waals surface area contributed by atoms with E-state index >= 15 is 0 Å². The Kier molecular flexibility index (Phi) is 11.3. The molecule has 3 N–H and O–H groups in total. The summed E-state index contributed by atoms with van der Waals surface area (Å²) in [6.45, 7) is 3.90. The van der Waals surface area contributed by atoms with Crippen molar-refractivity contribution in [3.8, 4) is 0 Å². The van der Waals surface area contributed by atoms with Crippen LogP contribution in [0.15, 0.2) is 12.2 Å². The van der Waals surface area contributed by atoms with Gasteiger partial charge in [-0.15, -0.1) is 10.1 Å². The number of likely N-dealkylation sites (tertiary alicyclic amines) is 1. The molecule has 0 aromatic heterocycles. The number of hydrogen-bond donors (Lipinski definition) is 3. The van der Waals surface area contributed by atoms with E-state index in [0.717, 1.165) is 19.6 Å². The second-order valence-corrected chi connectivity index (χ2v) is 7.01. The minimum atomic E-state index is -1.26. The summed E-state index contributed by atoms with van der Waals surface area (Å²) in [6, 6.07) is 0. The Hall–Kier alpha value is -2.69. The van der Waals surface area contributed by atoms with Gasteiger partial charge in [0.1, 0.15) is 6.10 Å². The fraction of sp³-hybridized carbons (Fsp3) is 0.722. The lowest BCUT2D eigenvalue weighted by Crippen LogP contribution is -2.40. The van der Waals surface area contributed by atoms with Crippen LogP contribution in [0.25, 0.3) is 0 Å². The third-order valence-corrected chi connectivity index (χ3v) is 4.82. The highest BCUT2D eigenvalue weighted by molar-refractivity contribution is 5.89. The van der Waals surface area contributed by atoms with Crippen LogP contribution in [0.3, 0.4) is 0 Å². The summed E-state index contributed by atoms with van der Waals surface area (Å²) in [5, 5.41) is 28.2. The molecule has 1 heterocycles. The molecule has 1 amide bonds. The summed E-state index contributed by atoms with van der Waals surface area (Å²) in [6.07, 6.45) is 7.14. The van der Waals surface area contributed by atoms with Gasteiger partial charge >= 0.3 is 11.9 Å². The van der Waals surface area contributed by atoms with Gasteiger partial charge in [-0.25, -0.2) is 9.59 Å². The number of carbonyl (C=O) groups excluding carboxylic acids is 1. The van der Waals surface area contributed by atoms with Crippen molar-refractivity contribution < 1.29 is 34.5 Å². The van der Waals surface area contributed by atoms with E-state index in [1.165, 1.54) is 19.3 Å². The fourth-order valence-corrected chi connectivity index (χ4v) is 3.36. The zero-order valence-electron chi connectivity index (χ0n) is 16.3. The minimum absolute atomic E-state index is 0.0158. The highest BCUT2D eigenvalue weighted by Gasteiger charge is 2.27. The number of piperidine rings is 1. The third kappa shape index (κ3) is 11.7. The summed E-state index contributed by atoms with van der Waals surface area (Å²) >= 11 is 0. The first-order valence-corrected chi connectivity index (χ1v) is 9.73. The largest absolute Gasteiger partial charge is 0.478 e. The number of carbonyl (C=O) groups is 3. The number of amides is 1. The van der Waals surface area contributed by atoms with E-state index < -0.39 is 17.0 Å². The fourth-order valence-electron chi connectivity index (χ4n) is 3.36. The smallest absolute Gasteiger partial charge is 0.328 e. The summed E-state index contributed by atoms with van der Waals surface area (Å²) in [7, 11) is 0. The van der Waals surface area contributed by atoms with Crippen LogP contribution in [0, 0.1) is 16.0 Å². The number of aliphatic carboxylic acids is 2. The molecule has 0 unspecified atom stereocenters. The van der Waals surface area contributed by atoms with Crippen LogP contribution in [0.4, 0.5) is 0 Å². The standard InChI is InChI=1S/C14H25N3O4.C4H4O4/c18-14(15-8-11-16-9-2-1-3-10-16)12-4-6-13(7-5-12)21-17(19)20;5-3(6)1-2-4(7)8/h12-13H,1-11H2,(H,15,18);1-2H,(H,5,6)(H,7,8). The van der Waals surface area contributed by atoms with Gasteiger partial charge in [0.05, 0.1) is 0 Å². The van der Waals surface area contributed by atoms with Gasteiger partial charge in [0, 0.05) is 31.2 Å². The van der Waals surface area contributed by atoms with Crippen molar-refractivity contribution in [1.29, 1.82) is 0 Å². The van der Waals surface area contributed by atoms with Crippen LogP contribution >= 0.6 is 0 Å². The van der Waals surface area contributed by atoms with E-state index in [2.05, 4.69) is 15.1 Å². The monoisotopic (exact) mass is 415 g/mol. The van der Waals surface area contributed by atoms with Gasteiger partial charge in [-0.05, 0) is 51.6 Å². The average molecular weight is 415 g/mol. The number of nitrogens with one attached hydrogen (secondary N) is 1. The molecule has 0 radical (unpaired) electrons. The first-order valence-electron chi connectivity index (χ1n) is 9.73. The Bertz CT molecular complexity index is 566. The van der Waals surface area contributed by atoms with Crippen LogP contribution < -0.4 is 5.32 Å². The molecule has 11 heteroatoms. The Morgan fingerprint density at radius 1 is 1.03 bits per heavy atom. The molecule has 29 heavy (non-hydrogen) atoms. The van der Waals surface area contributed by atoms with Gasteiger partial charge in [0.25, 0.3) is 5.09 Å². The quantitative estimate of drug-likeness (QED) is 0.299. The molecule has 0 aromatic rings. The molecular weight excluding hydrogens is 386 g/mol. The predicted molar refractivity (Wildman–Crippen MR) is 102 cm³/mol. The normalized spacial score (nSPS) is 22.2. The van der Waals surface area contributed by atoms with E-state index in [9.17, 15) is 24.5 Å². The maximum absolute atomic E-state index is 12.1. The van der Waals surface area contributed by atoms with Crippen molar-refractivity contribution in [2.75, 3.05) is 26.2 Å². The predicted octanol–water partition coefficient (Wildman–Crippen LogP) is 1.07. The van der Waals surface area contributed by atoms with Crippen LogP contribution in [0.5, 0.6) is 0 Å². The topological polar surface area (TPSA) is 159 Å². The van der Waals surface area contributed by atoms with E-state index in [0.29, 0.717) is 44.4 Å². The maximum atomic E-state index is 12.1. The molecule has 1 saturated heterocycles. The van der Waals surface area contributed by atoms with Crippen molar-refractivity contribution in [3.05, 3.63) is 22.3 Å². The molecule has 2 fully saturated rings. The lowest BCUT2D eigenvalue weighted by atomic mass is 9.87. The van der Waals surface area contributed by atoms with Gasteiger partial charge in [-0.1, -0.05) is 6.42 Å². The van der Waals surface area contributed by atoms with Gasteiger partial charge in [-0.3, -0.25) is 4.79 Å². The number of hydrogen-bond acceptors (Lipinski definition) is 7. The molecule has 2 rings (SSSR count). The van der Waals surface area contributed by atoms with Gasteiger partial charge in [0.15, 0.2) is 0 Å². The summed E-state index contributed by atoms with van der Waals surface area (Å²) in [4.78, 5) is 48.4. The van der Waals surface area contributed by atoms with E-state index in [-0.39, 0.29) is 17.9 Å². The van der Waals surface area contributed by atoms with Crippen molar-refractivity contribution in [2.24, 2.45) is 5.92 Å². The second kappa shape index (κ2) is 13.5. The molecule has 2 aliphatic rings. The van der Waals surface area contributed by atoms with Crippen molar-refractivity contribution in [1.82, 2.24) is 10.2 Å². The Balaban J connectivity index is 0.000000447. The van der Waals surface area contributed by atoms with Gasteiger partial charge in [0.2, 0.25) is 5.91 Å². The molecule has 164 valence electrons. The zero-order valence-corrected chi connectivity index (χ0v) is 16.3. The number of carboxylic acids is 2. The third-order valence-electron chi connectivity index (χ3n) is 4.82. The van der Waals surface area contributed by atoms with Gasteiger partial charge in [-0.2, -0.15) is 0 Å². The van der Waals surface area contributed by atoms with E-state index in [4.69, 9.17) is 10.2 Å². The van der Waals surface area contributed by atoms with Crippen molar-refractivity contribution in [2.45, 2.75) is 51.0 Å². The van der Waals surface area contributed by atoms with Crippen LogP contribution in [-0.2, 0) is 19.2 Å². The first kappa shape index (κ1) is 24.3. The number of carboxylic acid groups (broad SMARTS) is 2. The summed E-state index contributed by atoms with van der Waals surface area (Å²) in [5.41, 5.74) is 0. The Labute approximate surface area is 168 Å². The zero-order chi connectivity index (χ0) is 21.6. The Morgan fingerprint density at radius 3 is 2.07 bits per heavy atom. The highest BCUT2D eigenvalue weighted by atomic mass is 17.0. The average Bonchev–Trinajstić information content (AvgIpc) is 2.68. The number of nitrogens with zero attached hydrogens (tertiary/aromatic N) is 2. The summed E-state index contributed by atoms with van der Waals surface area (Å²) in [5.74, 6) is -2.44.